The number of para-hydroxylation sites is 2. The molecule has 0 saturated carbocycles. The molecule has 3 unspecified atom stereocenters. The molecule has 0 N–H and O–H groups in total. The van der Waals surface area contributed by atoms with Crippen molar-refractivity contribution < 1.29 is 0 Å². The van der Waals surface area contributed by atoms with Gasteiger partial charge in [-0.05, 0) is 36.6 Å². The van der Waals surface area contributed by atoms with E-state index in [0.29, 0.717) is 0 Å². The summed E-state index contributed by atoms with van der Waals surface area (Å²) in [7, 11) is 0. The van der Waals surface area contributed by atoms with Crippen LogP contribution < -0.4 is 9.80 Å². The van der Waals surface area contributed by atoms with E-state index in [4.69, 9.17) is 4.98 Å². The van der Waals surface area contributed by atoms with Crippen molar-refractivity contribution in [2.75, 3.05) is 9.80 Å². The Labute approximate surface area is 178 Å². The number of allylic oxidation sites excluding steroid dienone is 1. The third kappa shape index (κ3) is 2.16. The molecule has 0 amide bonds. The van der Waals surface area contributed by atoms with Crippen molar-refractivity contribution in [1.82, 2.24) is 9.97 Å². The molecule has 0 radical (unpaired) electrons. The highest BCUT2D eigenvalue weighted by Gasteiger charge is 2.61. The summed E-state index contributed by atoms with van der Waals surface area (Å²) >= 11 is 0. The van der Waals surface area contributed by atoms with E-state index in [1.165, 1.54) is 11.3 Å². The maximum Gasteiger partial charge on any atom is 0.162 e. The maximum absolute atomic E-state index is 4.76. The number of aromatic nitrogens is 2. The molecule has 3 aromatic rings. The van der Waals surface area contributed by atoms with Crippen molar-refractivity contribution in [3.63, 3.8) is 0 Å². The molecule has 0 saturated heterocycles. The fourth-order valence-corrected chi connectivity index (χ4v) is 5.90. The minimum absolute atomic E-state index is 0.0736. The molecule has 3 atom stereocenters. The summed E-state index contributed by atoms with van der Waals surface area (Å²) < 4.78 is 0. The Bertz CT molecular complexity index is 1090. The predicted molar refractivity (Wildman–Crippen MR) is 124 cm³/mol. The van der Waals surface area contributed by atoms with Crippen molar-refractivity contribution in [1.29, 1.82) is 0 Å². The van der Waals surface area contributed by atoms with Crippen LogP contribution >= 0.6 is 0 Å². The van der Waals surface area contributed by atoms with Crippen molar-refractivity contribution in [3.05, 3.63) is 85.3 Å². The quantitative estimate of drug-likeness (QED) is 0.481. The lowest BCUT2D eigenvalue weighted by Crippen LogP contribution is -2.62. The Morgan fingerprint density at radius 3 is 2.40 bits per heavy atom. The SMILES string of the molecule is C=CC1(CC)c2ccccc2N2c3ncncc3N(c3ccccc3)C2C1(C)CC. The van der Waals surface area contributed by atoms with E-state index in [1.54, 1.807) is 6.33 Å². The molecule has 3 heterocycles. The molecule has 5 rings (SSSR count). The number of benzene rings is 2. The van der Waals surface area contributed by atoms with Gasteiger partial charge in [0.25, 0.3) is 0 Å². The lowest BCUT2D eigenvalue weighted by atomic mass is 9.54. The molecule has 2 aliphatic heterocycles. The molecular weight excluding hydrogens is 368 g/mol. The van der Waals surface area contributed by atoms with E-state index in [-0.39, 0.29) is 17.0 Å². The Morgan fingerprint density at radius 2 is 1.70 bits per heavy atom. The molecule has 2 aromatic carbocycles. The largest absolute Gasteiger partial charge is 0.315 e. The van der Waals surface area contributed by atoms with Gasteiger partial charge in [-0.2, -0.15) is 0 Å². The second kappa shape index (κ2) is 6.69. The predicted octanol–water partition coefficient (Wildman–Crippen LogP) is 6.36. The fourth-order valence-electron chi connectivity index (χ4n) is 5.90. The van der Waals surface area contributed by atoms with Gasteiger partial charge in [-0.15, -0.1) is 6.58 Å². The van der Waals surface area contributed by atoms with Crippen LogP contribution in [0.2, 0.25) is 0 Å². The molecular formula is C26H28N4. The maximum atomic E-state index is 4.76. The zero-order valence-corrected chi connectivity index (χ0v) is 17.9. The van der Waals surface area contributed by atoms with Crippen LogP contribution in [-0.2, 0) is 5.41 Å². The monoisotopic (exact) mass is 396 g/mol. The first-order valence-electron chi connectivity index (χ1n) is 10.8. The fraction of sp³-hybridized carbons (Fsp3) is 0.308. The summed E-state index contributed by atoms with van der Waals surface area (Å²) in [5.41, 5.74) is 4.51. The molecule has 0 fully saturated rings. The molecule has 4 heteroatoms. The third-order valence-electron chi connectivity index (χ3n) is 7.56. The first-order chi connectivity index (χ1) is 14.6. The smallest absolute Gasteiger partial charge is 0.162 e. The summed E-state index contributed by atoms with van der Waals surface area (Å²) in [6, 6.07) is 19.4. The minimum atomic E-state index is -0.151. The molecule has 4 nitrogen and oxygen atoms in total. The van der Waals surface area contributed by atoms with Gasteiger partial charge in [0, 0.05) is 22.2 Å². The highest BCUT2D eigenvalue weighted by Crippen LogP contribution is 2.64. The van der Waals surface area contributed by atoms with Crippen molar-refractivity contribution in [2.45, 2.75) is 45.2 Å². The van der Waals surface area contributed by atoms with Gasteiger partial charge in [-0.1, -0.05) is 63.2 Å². The first-order valence-corrected chi connectivity index (χ1v) is 10.8. The van der Waals surface area contributed by atoms with Gasteiger partial charge in [-0.3, -0.25) is 0 Å². The van der Waals surface area contributed by atoms with Crippen molar-refractivity contribution in [3.8, 4) is 0 Å². The number of hydrogen-bond acceptors (Lipinski definition) is 4. The van der Waals surface area contributed by atoms with Crippen LogP contribution in [0.15, 0.2) is 79.8 Å². The molecule has 0 aliphatic carbocycles. The van der Waals surface area contributed by atoms with Crippen LogP contribution in [0.3, 0.4) is 0 Å². The minimum Gasteiger partial charge on any atom is -0.315 e. The Kier molecular flexibility index (Phi) is 4.21. The van der Waals surface area contributed by atoms with Crippen LogP contribution in [-0.4, -0.2) is 16.1 Å². The Hall–Kier alpha value is -3.14. The molecule has 1 aromatic heterocycles. The molecule has 152 valence electrons. The van der Waals surface area contributed by atoms with Gasteiger partial charge in [0.05, 0.1) is 6.20 Å². The zero-order chi connectivity index (χ0) is 20.9. The summed E-state index contributed by atoms with van der Waals surface area (Å²) in [6.07, 6.45) is 7.88. The number of hydrogen-bond donors (Lipinski definition) is 0. The van der Waals surface area contributed by atoms with E-state index in [9.17, 15) is 0 Å². The van der Waals surface area contributed by atoms with Crippen molar-refractivity contribution in [2.24, 2.45) is 5.41 Å². The molecule has 30 heavy (non-hydrogen) atoms. The lowest BCUT2D eigenvalue weighted by Gasteiger charge is -2.59. The van der Waals surface area contributed by atoms with E-state index in [0.717, 1.165) is 30.0 Å². The zero-order valence-electron chi connectivity index (χ0n) is 17.9. The van der Waals surface area contributed by atoms with Gasteiger partial charge in [0.15, 0.2) is 5.82 Å². The lowest BCUT2D eigenvalue weighted by molar-refractivity contribution is 0.120. The summed E-state index contributed by atoms with van der Waals surface area (Å²) in [5.74, 6) is 0.972. The Balaban J connectivity index is 1.88. The number of fused-ring (bicyclic) bond motifs is 5. The van der Waals surface area contributed by atoms with Crippen LogP contribution in [0.25, 0.3) is 0 Å². The van der Waals surface area contributed by atoms with E-state index in [2.05, 4.69) is 103 Å². The van der Waals surface area contributed by atoms with E-state index >= 15 is 0 Å². The standard InChI is InChI=1S/C26H28N4/c1-5-25(4)24-29(19-13-9-8-10-14-19)22-17-27-18-28-23(22)30(24)21-16-12-11-15-20(21)26(25,6-2)7-3/h6,8-18,24H,2,5,7H2,1,3-4H3. The number of rotatable bonds is 4. The average molecular weight is 397 g/mol. The van der Waals surface area contributed by atoms with Crippen LogP contribution in [0.1, 0.15) is 39.2 Å². The van der Waals surface area contributed by atoms with Crippen LogP contribution in [0.4, 0.5) is 22.9 Å². The van der Waals surface area contributed by atoms with E-state index in [1.807, 2.05) is 6.20 Å². The topological polar surface area (TPSA) is 32.3 Å². The highest BCUT2D eigenvalue weighted by molar-refractivity contribution is 5.88. The second-order valence-electron chi connectivity index (χ2n) is 8.50. The molecule has 0 spiro atoms. The average Bonchev–Trinajstić information content (AvgIpc) is 3.16. The second-order valence-corrected chi connectivity index (χ2v) is 8.50. The summed E-state index contributed by atoms with van der Waals surface area (Å²) in [4.78, 5) is 14.0. The third-order valence-corrected chi connectivity index (χ3v) is 7.56. The summed E-state index contributed by atoms with van der Waals surface area (Å²) in [6.45, 7) is 11.4. The van der Waals surface area contributed by atoms with Gasteiger partial charge in [-0.25, -0.2) is 9.97 Å². The highest BCUT2D eigenvalue weighted by atomic mass is 15.5. The van der Waals surface area contributed by atoms with E-state index < -0.39 is 0 Å². The number of anilines is 4. The molecule has 2 aliphatic rings. The number of nitrogens with zero attached hydrogens (tertiary/aromatic N) is 4. The molecule has 0 bridgehead atoms. The van der Waals surface area contributed by atoms with Gasteiger partial charge < -0.3 is 9.80 Å². The van der Waals surface area contributed by atoms with Crippen LogP contribution in [0.5, 0.6) is 0 Å². The Morgan fingerprint density at radius 1 is 0.967 bits per heavy atom. The first kappa shape index (κ1) is 18.9. The van der Waals surface area contributed by atoms with Gasteiger partial charge in [0.2, 0.25) is 0 Å². The normalized spacial score (nSPS) is 26.7. The summed E-state index contributed by atoms with van der Waals surface area (Å²) in [5, 5.41) is 0. The van der Waals surface area contributed by atoms with Gasteiger partial charge in [0.1, 0.15) is 18.2 Å². The van der Waals surface area contributed by atoms with Crippen molar-refractivity contribution >= 4 is 22.9 Å². The van der Waals surface area contributed by atoms with Gasteiger partial charge >= 0.3 is 0 Å². The van der Waals surface area contributed by atoms with Crippen LogP contribution in [0, 0.1) is 5.41 Å².